The molecule has 3 N–H and O–H groups in total. The number of hydrogen-bond acceptors (Lipinski definition) is 9. The van der Waals surface area contributed by atoms with Crippen molar-refractivity contribution in [2.24, 2.45) is 0 Å². The normalized spacial score (nSPS) is 16.7. The van der Waals surface area contributed by atoms with E-state index in [9.17, 15) is 33.9 Å². The zero-order valence-corrected chi connectivity index (χ0v) is 25.1. The number of ether oxygens (including phenoxy) is 1. The Labute approximate surface area is 256 Å². The standard InChI is InChI=1S/C29H32N4O8S2/c1-18(14-25(35)32(17-26(36)37)15-19-6-3-2-4-7-19)43-42-13-12-41-29(40)30-22-9-5-8-20-21(22)16-33(28(20)39)23-10-11-24(34)31-27(23)38/h2-9,18,23H,10-17H2,1H3,(H,30,40)(H,36,37)(H,31,34,38)/t18-,23?/m0/s1. The minimum absolute atomic E-state index is 0.0969. The van der Waals surface area contributed by atoms with Gasteiger partial charge in [-0.05, 0) is 24.1 Å². The molecule has 0 bridgehead atoms. The fraction of sp³-hybridized carbons (Fsp3) is 0.379. The third-order valence-corrected chi connectivity index (χ3v) is 9.67. The zero-order chi connectivity index (χ0) is 30.9. The van der Waals surface area contributed by atoms with Gasteiger partial charge in [0.25, 0.3) is 5.91 Å². The van der Waals surface area contributed by atoms with Gasteiger partial charge >= 0.3 is 12.1 Å². The van der Waals surface area contributed by atoms with E-state index in [4.69, 9.17) is 4.74 Å². The third-order valence-electron chi connectivity index (χ3n) is 6.81. The fourth-order valence-corrected chi connectivity index (χ4v) is 6.87. The van der Waals surface area contributed by atoms with Gasteiger partial charge in [-0.3, -0.25) is 34.6 Å². The van der Waals surface area contributed by atoms with Gasteiger partial charge in [-0.25, -0.2) is 4.79 Å². The number of hydrogen-bond donors (Lipinski definition) is 3. The summed E-state index contributed by atoms with van der Waals surface area (Å²) in [5.74, 6) is -2.09. The number of amides is 5. The van der Waals surface area contributed by atoms with E-state index in [0.717, 1.165) is 5.56 Å². The second-order valence-corrected chi connectivity index (χ2v) is 13.0. The zero-order valence-electron chi connectivity index (χ0n) is 23.4. The summed E-state index contributed by atoms with van der Waals surface area (Å²) in [4.78, 5) is 76.0. The molecule has 0 aromatic heterocycles. The number of imide groups is 1. The summed E-state index contributed by atoms with van der Waals surface area (Å²) >= 11 is 0. The topological polar surface area (TPSA) is 162 Å². The summed E-state index contributed by atoms with van der Waals surface area (Å²) < 4.78 is 5.29. The molecule has 2 heterocycles. The Balaban J connectivity index is 1.19. The lowest BCUT2D eigenvalue weighted by Crippen LogP contribution is -2.52. The van der Waals surface area contributed by atoms with Crippen LogP contribution >= 0.6 is 21.6 Å². The number of carboxylic acids is 1. The third kappa shape index (κ3) is 8.74. The number of nitrogens with one attached hydrogen (secondary N) is 2. The molecular formula is C29H32N4O8S2. The smallest absolute Gasteiger partial charge is 0.411 e. The highest BCUT2D eigenvalue weighted by Gasteiger charge is 2.40. The summed E-state index contributed by atoms with van der Waals surface area (Å²) in [6.45, 7) is 1.93. The Hall–Kier alpha value is -4.04. The van der Waals surface area contributed by atoms with Crippen LogP contribution in [0.1, 0.15) is 47.7 Å². The summed E-state index contributed by atoms with van der Waals surface area (Å²) in [5, 5.41) is 14.1. The molecule has 2 aliphatic heterocycles. The minimum Gasteiger partial charge on any atom is -0.480 e. The molecule has 4 rings (SSSR count). The molecule has 0 aliphatic carbocycles. The molecule has 12 nitrogen and oxygen atoms in total. The first-order chi connectivity index (χ1) is 20.6. The number of fused-ring (bicyclic) bond motifs is 1. The van der Waals surface area contributed by atoms with Crippen molar-refractivity contribution in [2.75, 3.05) is 24.2 Å². The molecule has 1 saturated heterocycles. The summed E-state index contributed by atoms with van der Waals surface area (Å²) in [6, 6.07) is 13.4. The lowest BCUT2D eigenvalue weighted by Gasteiger charge is -2.29. The monoisotopic (exact) mass is 628 g/mol. The van der Waals surface area contributed by atoms with Crippen LogP contribution in [0.3, 0.4) is 0 Å². The number of aliphatic carboxylic acids is 1. The van der Waals surface area contributed by atoms with Gasteiger partial charge in [-0.1, -0.05) is 64.9 Å². The number of nitrogens with zero attached hydrogens (tertiary/aromatic N) is 2. The van der Waals surface area contributed by atoms with Crippen molar-refractivity contribution >= 4 is 63.0 Å². The van der Waals surface area contributed by atoms with Gasteiger partial charge in [0.1, 0.15) is 19.2 Å². The van der Waals surface area contributed by atoms with E-state index < -0.39 is 24.0 Å². The lowest BCUT2D eigenvalue weighted by atomic mass is 10.0. The highest BCUT2D eigenvalue weighted by Crippen LogP contribution is 2.33. The molecule has 43 heavy (non-hydrogen) atoms. The van der Waals surface area contributed by atoms with Crippen LogP contribution in [-0.4, -0.2) is 80.8 Å². The van der Waals surface area contributed by atoms with E-state index in [1.54, 1.807) is 18.2 Å². The van der Waals surface area contributed by atoms with E-state index >= 15 is 0 Å². The van der Waals surface area contributed by atoms with E-state index in [1.807, 2.05) is 37.3 Å². The van der Waals surface area contributed by atoms with Crippen LogP contribution in [-0.2, 0) is 37.0 Å². The van der Waals surface area contributed by atoms with Crippen LogP contribution in [0, 0.1) is 0 Å². The van der Waals surface area contributed by atoms with Crippen molar-refractivity contribution in [3.8, 4) is 0 Å². The molecule has 1 fully saturated rings. The molecule has 228 valence electrons. The Bertz CT molecular complexity index is 1390. The number of anilines is 1. The average Bonchev–Trinajstić information content (AvgIpc) is 3.29. The molecule has 0 saturated carbocycles. The predicted octanol–water partition coefficient (Wildman–Crippen LogP) is 3.27. The quantitative estimate of drug-likeness (QED) is 0.171. The van der Waals surface area contributed by atoms with Gasteiger partial charge < -0.3 is 19.6 Å². The van der Waals surface area contributed by atoms with Crippen LogP contribution in [0.2, 0.25) is 0 Å². The number of rotatable bonds is 13. The molecule has 5 amide bonds. The van der Waals surface area contributed by atoms with Gasteiger partial charge in [0.15, 0.2) is 0 Å². The summed E-state index contributed by atoms with van der Waals surface area (Å²) in [5.41, 5.74) is 2.20. The van der Waals surface area contributed by atoms with Gasteiger partial charge in [0.2, 0.25) is 17.7 Å². The van der Waals surface area contributed by atoms with Gasteiger partial charge in [0, 0.05) is 53.7 Å². The largest absolute Gasteiger partial charge is 0.480 e. The molecule has 1 unspecified atom stereocenters. The molecule has 14 heteroatoms. The second-order valence-electron chi connectivity index (χ2n) is 10.1. The van der Waals surface area contributed by atoms with E-state index in [1.165, 1.54) is 31.4 Å². The number of piperidine rings is 1. The van der Waals surface area contributed by atoms with Crippen LogP contribution in [0.5, 0.6) is 0 Å². The van der Waals surface area contributed by atoms with Crippen LogP contribution in [0.4, 0.5) is 10.5 Å². The van der Waals surface area contributed by atoms with Crippen molar-refractivity contribution in [3.05, 3.63) is 65.2 Å². The number of benzene rings is 2. The van der Waals surface area contributed by atoms with E-state index in [-0.39, 0.29) is 68.5 Å². The fourth-order valence-electron chi connectivity index (χ4n) is 4.79. The Morgan fingerprint density at radius 3 is 2.63 bits per heavy atom. The van der Waals surface area contributed by atoms with E-state index in [2.05, 4.69) is 10.6 Å². The van der Waals surface area contributed by atoms with Gasteiger partial charge in [-0.15, -0.1) is 0 Å². The van der Waals surface area contributed by atoms with Crippen molar-refractivity contribution in [2.45, 2.75) is 50.6 Å². The average molecular weight is 629 g/mol. The Morgan fingerprint density at radius 1 is 1.14 bits per heavy atom. The van der Waals surface area contributed by atoms with Crippen LogP contribution in [0.25, 0.3) is 0 Å². The molecular weight excluding hydrogens is 596 g/mol. The summed E-state index contributed by atoms with van der Waals surface area (Å²) in [7, 11) is 2.88. The van der Waals surface area contributed by atoms with Crippen molar-refractivity contribution in [1.82, 2.24) is 15.1 Å². The van der Waals surface area contributed by atoms with E-state index in [0.29, 0.717) is 22.6 Å². The number of carbonyl (C=O) groups excluding carboxylic acids is 5. The first-order valence-electron chi connectivity index (χ1n) is 13.6. The molecule has 2 aliphatic rings. The molecule has 2 aromatic carbocycles. The maximum absolute atomic E-state index is 13.0. The molecule has 0 radical (unpaired) electrons. The van der Waals surface area contributed by atoms with Gasteiger partial charge in [-0.2, -0.15) is 0 Å². The van der Waals surface area contributed by atoms with Gasteiger partial charge in [0.05, 0.1) is 0 Å². The van der Waals surface area contributed by atoms with Crippen LogP contribution in [0.15, 0.2) is 48.5 Å². The van der Waals surface area contributed by atoms with Crippen molar-refractivity contribution < 1.29 is 38.6 Å². The van der Waals surface area contributed by atoms with Crippen LogP contribution < -0.4 is 10.6 Å². The highest BCUT2D eigenvalue weighted by molar-refractivity contribution is 8.76. The molecule has 2 aromatic rings. The second kappa shape index (κ2) is 14.9. The summed E-state index contributed by atoms with van der Waals surface area (Å²) in [6.07, 6.45) is -0.144. The number of carboxylic acid groups (broad SMARTS) is 1. The predicted molar refractivity (Wildman–Crippen MR) is 161 cm³/mol. The lowest BCUT2D eigenvalue weighted by molar-refractivity contribution is -0.144. The molecule has 0 spiro atoms. The minimum atomic E-state index is -1.08. The maximum Gasteiger partial charge on any atom is 0.411 e. The first-order valence-corrected chi connectivity index (χ1v) is 16.0. The van der Waals surface area contributed by atoms with Crippen molar-refractivity contribution in [1.29, 1.82) is 0 Å². The first kappa shape index (κ1) is 31.9. The van der Waals surface area contributed by atoms with Crippen molar-refractivity contribution in [3.63, 3.8) is 0 Å². The maximum atomic E-state index is 13.0. The Kier molecular flexibility index (Phi) is 11.1. The SMILES string of the molecule is C[C@@H](CC(=O)N(CC(=O)O)Cc1ccccc1)SSCCOC(=O)Nc1cccc2c1CN(C1CCC(=O)NC1=O)C2=O. The number of carbonyl (C=O) groups is 6. The highest BCUT2D eigenvalue weighted by atomic mass is 33.1. The Morgan fingerprint density at radius 2 is 1.91 bits per heavy atom. The molecule has 2 atom stereocenters.